The maximum Gasteiger partial charge on any atom is 0.0903 e. The number of hydrogen-bond acceptors (Lipinski definition) is 4. The smallest absolute Gasteiger partial charge is 0.0903 e. The molecular formula is C57H49N3S. The van der Waals surface area contributed by atoms with E-state index in [0.29, 0.717) is 12.5 Å². The fraction of sp³-hybridized carbons (Fsp3) is 0.123. The maximum atomic E-state index is 5.52. The van der Waals surface area contributed by atoms with E-state index in [1.807, 2.05) is 0 Å². The zero-order valence-corrected chi connectivity index (χ0v) is 36.0. The summed E-state index contributed by atoms with van der Waals surface area (Å²) >= 11 is 1.73. The van der Waals surface area contributed by atoms with Gasteiger partial charge in [0, 0.05) is 28.4 Å². The Morgan fingerprint density at radius 3 is 2.07 bits per heavy atom. The molecule has 3 nitrogen and oxygen atoms in total. The Hall–Kier alpha value is -6.88. The van der Waals surface area contributed by atoms with Gasteiger partial charge in [0.1, 0.15) is 0 Å². The van der Waals surface area contributed by atoms with Crippen molar-refractivity contribution >= 4 is 50.8 Å². The van der Waals surface area contributed by atoms with E-state index in [4.69, 9.17) is 4.99 Å². The predicted octanol–water partition coefficient (Wildman–Crippen LogP) is 15.1. The van der Waals surface area contributed by atoms with E-state index >= 15 is 0 Å². The van der Waals surface area contributed by atoms with E-state index in [-0.39, 0.29) is 6.04 Å². The second-order valence-corrected chi connectivity index (χ2v) is 17.1. The van der Waals surface area contributed by atoms with Gasteiger partial charge in [-0.2, -0.15) is 0 Å². The van der Waals surface area contributed by atoms with Gasteiger partial charge in [0.15, 0.2) is 0 Å². The second-order valence-electron chi connectivity index (χ2n) is 16.1. The Morgan fingerprint density at radius 1 is 0.672 bits per heavy atom. The van der Waals surface area contributed by atoms with Crippen LogP contribution in [0.3, 0.4) is 0 Å². The fourth-order valence-corrected chi connectivity index (χ4v) is 9.97. The molecule has 298 valence electrons. The summed E-state index contributed by atoms with van der Waals surface area (Å²) in [4.78, 5) is 13.6. The lowest BCUT2D eigenvalue weighted by Gasteiger charge is -2.35. The number of likely N-dealkylation sites (N-methyl/N-ethyl adjacent to an activating group) is 1. The van der Waals surface area contributed by atoms with Gasteiger partial charge in [-0.3, -0.25) is 9.98 Å². The lowest BCUT2D eigenvalue weighted by Crippen LogP contribution is -2.25. The molecule has 1 unspecified atom stereocenters. The molecule has 9 rings (SSSR count). The number of aliphatic imine (C=N–C) groups is 2. The van der Waals surface area contributed by atoms with Crippen molar-refractivity contribution in [2.24, 2.45) is 9.98 Å². The van der Waals surface area contributed by atoms with Crippen molar-refractivity contribution < 1.29 is 0 Å². The molecule has 0 bridgehead atoms. The maximum absolute atomic E-state index is 5.52. The summed E-state index contributed by atoms with van der Waals surface area (Å²) in [5.41, 5.74) is 17.5. The highest BCUT2D eigenvalue weighted by atomic mass is 32.1. The molecule has 0 N–H and O–H groups in total. The molecule has 7 aromatic carbocycles. The number of thiophene rings is 1. The van der Waals surface area contributed by atoms with Crippen LogP contribution in [0.5, 0.6) is 0 Å². The Morgan fingerprint density at radius 2 is 1.31 bits per heavy atom. The van der Waals surface area contributed by atoms with Crippen LogP contribution in [0.25, 0.3) is 43.6 Å². The van der Waals surface area contributed by atoms with Crippen LogP contribution < -0.4 is 0 Å². The molecule has 1 aliphatic rings. The summed E-state index contributed by atoms with van der Waals surface area (Å²) < 4.78 is 1.17. The first-order valence-corrected chi connectivity index (χ1v) is 21.9. The minimum Gasteiger partial charge on any atom is -0.364 e. The van der Waals surface area contributed by atoms with E-state index in [2.05, 4.69) is 233 Å². The summed E-state index contributed by atoms with van der Waals surface area (Å²) in [6, 6.07) is 63.2. The molecule has 4 heteroatoms. The monoisotopic (exact) mass is 807 g/mol. The van der Waals surface area contributed by atoms with Crippen molar-refractivity contribution in [1.29, 1.82) is 0 Å². The van der Waals surface area contributed by atoms with Gasteiger partial charge in [0.25, 0.3) is 0 Å². The van der Waals surface area contributed by atoms with Gasteiger partial charge in [-0.15, -0.1) is 11.3 Å². The van der Waals surface area contributed by atoms with Crippen LogP contribution >= 0.6 is 11.3 Å². The molecule has 1 aromatic heterocycles. The fourth-order valence-electron chi connectivity index (χ4n) is 8.78. The SMILES string of the molecule is C=Nc1c(C(=NCc2cc(C3=CC(c4ccccc4)=CC(c4ccccc4)N3C)cc(-c3cccc(-c4ccccc4C(C)C)c3C)c2)c2ccccc2)sc2ccccc12. The van der Waals surface area contributed by atoms with Gasteiger partial charge in [0.2, 0.25) is 0 Å². The first kappa shape index (κ1) is 39.6. The van der Waals surface area contributed by atoms with Gasteiger partial charge in [-0.25, -0.2) is 0 Å². The number of allylic oxidation sites excluding steroid dienone is 2. The molecule has 0 saturated carbocycles. The first-order chi connectivity index (χ1) is 29.9. The average Bonchev–Trinajstić information content (AvgIpc) is 3.68. The van der Waals surface area contributed by atoms with Gasteiger partial charge in [-0.05, 0) is 117 Å². The number of benzene rings is 7. The largest absolute Gasteiger partial charge is 0.364 e. The molecule has 0 fully saturated rings. The Bertz CT molecular complexity index is 2950. The lowest BCUT2D eigenvalue weighted by molar-refractivity contribution is 0.413. The minimum absolute atomic E-state index is 0.0431. The summed E-state index contributed by atoms with van der Waals surface area (Å²) in [5.74, 6) is 0.404. The van der Waals surface area contributed by atoms with Crippen molar-refractivity contribution in [3.8, 4) is 22.3 Å². The summed E-state index contributed by atoms with van der Waals surface area (Å²) in [5, 5.41) is 1.10. The molecule has 1 aliphatic heterocycles. The van der Waals surface area contributed by atoms with Crippen LogP contribution in [0.2, 0.25) is 0 Å². The van der Waals surface area contributed by atoms with Gasteiger partial charge in [-0.1, -0.05) is 166 Å². The standard InChI is InChI=1S/C57H49N3S/c1-38(2)47-26-15-16-27-50(47)49-30-19-29-48(39(49)3)45-32-40(37-59-55(43-24-13-8-14-25-43)57-56(58-4)51-28-17-18-31-54(51)61-57)33-46(34-45)53-36-44(41-20-9-6-10-21-41)35-52(60(53)5)42-22-11-7-12-23-42/h6-36,38,52H,4,37H2,1-3,5H3. The molecule has 8 aromatic rings. The highest BCUT2D eigenvalue weighted by Crippen LogP contribution is 2.43. The predicted molar refractivity (Wildman–Crippen MR) is 262 cm³/mol. The van der Waals surface area contributed by atoms with Gasteiger partial charge >= 0.3 is 0 Å². The van der Waals surface area contributed by atoms with Crippen molar-refractivity contribution in [2.45, 2.75) is 39.3 Å². The van der Waals surface area contributed by atoms with Crippen LogP contribution in [0.15, 0.2) is 198 Å². The number of rotatable bonds is 11. The number of nitrogens with zero attached hydrogens (tertiary/aromatic N) is 3. The zero-order valence-electron chi connectivity index (χ0n) is 35.2. The quantitative estimate of drug-likeness (QED) is 0.120. The van der Waals surface area contributed by atoms with Crippen LogP contribution in [-0.4, -0.2) is 24.4 Å². The van der Waals surface area contributed by atoms with Crippen molar-refractivity contribution in [3.63, 3.8) is 0 Å². The second kappa shape index (κ2) is 17.4. The number of fused-ring (bicyclic) bond motifs is 1. The minimum atomic E-state index is 0.0431. The van der Waals surface area contributed by atoms with Crippen LogP contribution in [0, 0.1) is 6.92 Å². The third kappa shape index (κ3) is 7.95. The third-order valence-electron chi connectivity index (χ3n) is 11.9. The molecule has 0 aliphatic carbocycles. The van der Waals surface area contributed by atoms with E-state index < -0.39 is 0 Å². The molecule has 61 heavy (non-hydrogen) atoms. The zero-order chi connectivity index (χ0) is 41.9. The third-order valence-corrected chi connectivity index (χ3v) is 13.1. The van der Waals surface area contributed by atoms with Crippen molar-refractivity contribution in [3.05, 3.63) is 232 Å². The summed E-state index contributed by atoms with van der Waals surface area (Å²) in [7, 11) is 2.22. The van der Waals surface area contributed by atoms with E-state index in [0.717, 1.165) is 44.0 Å². The average molecular weight is 808 g/mol. The van der Waals surface area contributed by atoms with Crippen molar-refractivity contribution in [1.82, 2.24) is 4.90 Å². The van der Waals surface area contributed by atoms with Crippen LogP contribution in [-0.2, 0) is 6.54 Å². The van der Waals surface area contributed by atoms with Crippen LogP contribution in [0.1, 0.15) is 69.6 Å². The van der Waals surface area contributed by atoms with E-state index in [1.165, 1.54) is 54.8 Å². The van der Waals surface area contributed by atoms with E-state index in [9.17, 15) is 0 Å². The Balaban J connectivity index is 1.24. The molecule has 0 radical (unpaired) electrons. The van der Waals surface area contributed by atoms with Gasteiger partial charge in [0.05, 0.1) is 28.9 Å². The molecule has 0 saturated heterocycles. The van der Waals surface area contributed by atoms with Crippen molar-refractivity contribution in [2.75, 3.05) is 7.05 Å². The van der Waals surface area contributed by atoms with Gasteiger partial charge < -0.3 is 4.90 Å². The molecule has 0 spiro atoms. The number of hydrogen-bond donors (Lipinski definition) is 0. The molecule has 2 heterocycles. The summed E-state index contributed by atoms with van der Waals surface area (Å²) in [6.07, 6.45) is 4.75. The molecule has 0 amide bonds. The Labute approximate surface area is 364 Å². The first-order valence-electron chi connectivity index (χ1n) is 21.1. The highest BCUT2D eigenvalue weighted by molar-refractivity contribution is 7.21. The normalized spacial score (nSPS) is 14.3. The van der Waals surface area contributed by atoms with Crippen LogP contribution in [0.4, 0.5) is 5.69 Å². The molecular weight excluding hydrogens is 759 g/mol. The highest BCUT2D eigenvalue weighted by Gasteiger charge is 2.25. The Kier molecular flexibility index (Phi) is 11.3. The lowest BCUT2D eigenvalue weighted by atomic mass is 9.86. The summed E-state index contributed by atoms with van der Waals surface area (Å²) in [6.45, 7) is 11.3. The molecule has 1 atom stereocenters. The topological polar surface area (TPSA) is 28.0 Å². The van der Waals surface area contributed by atoms with E-state index in [1.54, 1.807) is 11.3 Å².